The van der Waals surface area contributed by atoms with Crippen LogP contribution in [0.2, 0.25) is 0 Å². The average molecular weight is 270 g/mol. The lowest BCUT2D eigenvalue weighted by Crippen LogP contribution is -2.14. The Labute approximate surface area is 98.8 Å². The van der Waals surface area contributed by atoms with Gasteiger partial charge in [0.05, 0.1) is 4.47 Å². The van der Waals surface area contributed by atoms with Crippen LogP contribution in [0.3, 0.4) is 0 Å². The Hall–Kier alpha value is -0.540. The molecule has 0 saturated carbocycles. The SMILES string of the molecule is Cc1cc(C2CCCN2)c(C)c(O)c1Br. The molecule has 1 saturated heterocycles. The molecule has 0 radical (unpaired) electrons. The van der Waals surface area contributed by atoms with E-state index < -0.39 is 0 Å². The Morgan fingerprint density at radius 1 is 1.47 bits per heavy atom. The minimum absolute atomic E-state index is 0.388. The van der Waals surface area contributed by atoms with Crippen LogP contribution in [0, 0.1) is 13.8 Å². The van der Waals surface area contributed by atoms with Crippen molar-refractivity contribution in [3.8, 4) is 5.75 Å². The number of hydrogen-bond donors (Lipinski definition) is 2. The summed E-state index contributed by atoms with van der Waals surface area (Å²) >= 11 is 3.40. The lowest BCUT2D eigenvalue weighted by Gasteiger charge is -2.17. The molecule has 1 aliphatic heterocycles. The van der Waals surface area contributed by atoms with Crippen molar-refractivity contribution in [1.29, 1.82) is 0 Å². The van der Waals surface area contributed by atoms with Crippen molar-refractivity contribution < 1.29 is 5.11 Å². The van der Waals surface area contributed by atoms with Gasteiger partial charge in [-0.05, 0) is 65.9 Å². The summed E-state index contributed by atoms with van der Waals surface area (Å²) in [7, 11) is 0. The van der Waals surface area contributed by atoms with Crippen molar-refractivity contribution in [2.45, 2.75) is 32.7 Å². The van der Waals surface area contributed by atoms with Gasteiger partial charge in [-0.1, -0.05) is 6.07 Å². The van der Waals surface area contributed by atoms with Crippen LogP contribution in [0.1, 0.15) is 35.6 Å². The molecule has 1 fully saturated rings. The molecule has 1 atom stereocenters. The maximum Gasteiger partial charge on any atom is 0.133 e. The highest BCUT2D eigenvalue weighted by molar-refractivity contribution is 9.10. The number of phenolic OH excluding ortho intramolecular Hbond substituents is 1. The number of benzene rings is 1. The van der Waals surface area contributed by atoms with Gasteiger partial charge in [-0.15, -0.1) is 0 Å². The van der Waals surface area contributed by atoms with Crippen LogP contribution in [0.4, 0.5) is 0 Å². The fourth-order valence-electron chi connectivity index (χ4n) is 2.20. The Bertz CT molecular complexity index is 384. The van der Waals surface area contributed by atoms with Crippen molar-refractivity contribution in [2.75, 3.05) is 6.54 Å². The average Bonchev–Trinajstić information content (AvgIpc) is 2.73. The van der Waals surface area contributed by atoms with E-state index in [9.17, 15) is 5.11 Å². The molecular weight excluding hydrogens is 254 g/mol. The molecule has 1 unspecified atom stereocenters. The monoisotopic (exact) mass is 269 g/mol. The van der Waals surface area contributed by atoms with E-state index in [-0.39, 0.29) is 0 Å². The van der Waals surface area contributed by atoms with Crippen molar-refractivity contribution in [3.63, 3.8) is 0 Å². The molecule has 1 aromatic rings. The highest BCUT2D eigenvalue weighted by Crippen LogP contribution is 2.37. The molecule has 1 aliphatic rings. The Kier molecular flexibility index (Phi) is 3.03. The van der Waals surface area contributed by atoms with Crippen LogP contribution in [0.5, 0.6) is 5.75 Å². The normalized spacial score (nSPS) is 20.9. The van der Waals surface area contributed by atoms with E-state index in [1.54, 1.807) is 0 Å². The summed E-state index contributed by atoms with van der Waals surface area (Å²) in [5.41, 5.74) is 3.33. The summed E-state index contributed by atoms with van der Waals surface area (Å²) in [4.78, 5) is 0. The molecule has 2 rings (SSSR count). The number of aryl methyl sites for hydroxylation is 1. The first-order chi connectivity index (χ1) is 7.11. The van der Waals surface area contributed by atoms with E-state index in [0.717, 1.165) is 22.1 Å². The summed E-state index contributed by atoms with van der Waals surface area (Å²) in [6.07, 6.45) is 2.39. The number of rotatable bonds is 1. The van der Waals surface area contributed by atoms with Crippen LogP contribution in [0.25, 0.3) is 0 Å². The van der Waals surface area contributed by atoms with E-state index >= 15 is 0 Å². The lowest BCUT2D eigenvalue weighted by molar-refractivity contribution is 0.464. The smallest absolute Gasteiger partial charge is 0.133 e. The molecule has 0 amide bonds. The highest BCUT2D eigenvalue weighted by atomic mass is 79.9. The van der Waals surface area contributed by atoms with E-state index in [1.807, 2.05) is 13.8 Å². The number of hydrogen-bond acceptors (Lipinski definition) is 2. The minimum atomic E-state index is 0.388. The van der Waals surface area contributed by atoms with Crippen LogP contribution < -0.4 is 5.32 Å². The van der Waals surface area contributed by atoms with Gasteiger partial charge in [-0.3, -0.25) is 0 Å². The molecule has 0 bridgehead atoms. The van der Waals surface area contributed by atoms with Gasteiger partial charge in [0.25, 0.3) is 0 Å². The highest BCUT2D eigenvalue weighted by Gasteiger charge is 2.21. The van der Waals surface area contributed by atoms with Gasteiger partial charge < -0.3 is 10.4 Å². The second-order valence-corrected chi connectivity index (χ2v) is 5.01. The molecule has 0 spiro atoms. The predicted molar refractivity (Wildman–Crippen MR) is 65.3 cm³/mol. The van der Waals surface area contributed by atoms with Gasteiger partial charge in [-0.2, -0.15) is 0 Å². The summed E-state index contributed by atoms with van der Waals surface area (Å²) in [5, 5.41) is 13.4. The van der Waals surface area contributed by atoms with Crippen molar-refractivity contribution >= 4 is 15.9 Å². The second kappa shape index (κ2) is 4.14. The van der Waals surface area contributed by atoms with Crippen LogP contribution in [0.15, 0.2) is 10.5 Å². The quantitative estimate of drug-likeness (QED) is 0.821. The first-order valence-electron chi connectivity index (χ1n) is 5.33. The fraction of sp³-hybridized carbons (Fsp3) is 0.500. The lowest BCUT2D eigenvalue weighted by atomic mass is 9.97. The zero-order valence-electron chi connectivity index (χ0n) is 9.10. The summed E-state index contributed by atoms with van der Waals surface area (Å²) < 4.78 is 0.821. The van der Waals surface area contributed by atoms with Crippen molar-refractivity contribution in [1.82, 2.24) is 5.32 Å². The third-order valence-electron chi connectivity index (χ3n) is 3.15. The number of aromatic hydroxyl groups is 1. The fourth-order valence-corrected chi connectivity index (χ4v) is 2.62. The Morgan fingerprint density at radius 2 is 2.20 bits per heavy atom. The molecule has 15 heavy (non-hydrogen) atoms. The zero-order valence-corrected chi connectivity index (χ0v) is 10.7. The van der Waals surface area contributed by atoms with Crippen LogP contribution in [-0.2, 0) is 0 Å². The van der Waals surface area contributed by atoms with Gasteiger partial charge in [0.1, 0.15) is 5.75 Å². The van der Waals surface area contributed by atoms with Crippen LogP contribution in [-0.4, -0.2) is 11.7 Å². The molecule has 3 heteroatoms. The van der Waals surface area contributed by atoms with Gasteiger partial charge in [0, 0.05) is 6.04 Å². The third kappa shape index (κ3) is 1.91. The molecule has 2 N–H and O–H groups in total. The summed E-state index contributed by atoms with van der Waals surface area (Å²) in [5.74, 6) is 0.388. The molecule has 0 aromatic heterocycles. The standard InChI is InChI=1S/C12H16BrNO/c1-7-6-9(10-4-3-5-14-10)8(2)12(15)11(7)13/h6,10,14-15H,3-5H2,1-2H3. The molecule has 1 heterocycles. The number of nitrogens with one attached hydrogen (secondary N) is 1. The summed E-state index contributed by atoms with van der Waals surface area (Å²) in [6, 6.07) is 2.59. The Balaban J connectivity index is 2.47. The topological polar surface area (TPSA) is 32.3 Å². The molecular formula is C12H16BrNO. The van der Waals surface area contributed by atoms with E-state index in [2.05, 4.69) is 27.3 Å². The number of phenols is 1. The first kappa shape index (κ1) is 11.0. The summed E-state index contributed by atoms with van der Waals surface area (Å²) in [6.45, 7) is 5.08. The molecule has 0 aliphatic carbocycles. The van der Waals surface area contributed by atoms with Crippen molar-refractivity contribution in [2.24, 2.45) is 0 Å². The second-order valence-electron chi connectivity index (χ2n) is 4.22. The maximum absolute atomic E-state index is 9.95. The van der Waals surface area contributed by atoms with Gasteiger partial charge >= 0.3 is 0 Å². The minimum Gasteiger partial charge on any atom is -0.506 e. The predicted octanol–water partition coefficient (Wildman–Crippen LogP) is 3.20. The van der Waals surface area contributed by atoms with E-state index in [0.29, 0.717) is 11.8 Å². The number of halogens is 1. The van der Waals surface area contributed by atoms with Gasteiger partial charge in [-0.25, -0.2) is 0 Å². The van der Waals surface area contributed by atoms with Crippen LogP contribution >= 0.6 is 15.9 Å². The third-order valence-corrected chi connectivity index (χ3v) is 4.15. The van der Waals surface area contributed by atoms with E-state index in [4.69, 9.17) is 0 Å². The molecule has 1 aromatic carbocycles. The largest absolute Gasteiger partial charge is 0.506 e. The molecule has 82 valence electrons. The van der Waals surface area contributed by atoms with Gasteiger partial charge in [0.15, 0.2) is 0 Å². The first-order valence-corrected chi connectivity index (χ1v) is 6.12. The van der Waals surface area contributed by atoms with E-state index in [1.165, 1.54) is 18.4 Å². The van der Waals surface area contributed by atoms with Crippen molar-refractivity contribution in [3.05, 3.63) is 27.2 Å². The maximum atomic E-state index is 9.95. The van der Waals surface area contributed by atoms with Gasteiger partial charge in [0.2, 0.25) is 0 Å². The Morgan fingerprint density at radius 3 is 2.80 bits per heavy atom. The molecule has 2 nitrogen and oxygen atoms in total. The zero-order chi connectivity index (χ0) is 11.0.